The number of rotatable bonds is 7. The van der Waals surface area contributed by atoms with Gasteiger partial charge in [-0.2, -0.15) is 0 Å². The summed E-state index contributed by atoms with van der Waals surface area (Å²) in [5.41, 5.74) is 14.3. The summed E-state index contributed by atoms with van der Waals surface area (Å²) in [4.78, 5) is 2.42. The number of hydrogen-bond donors (Lipinski definition) is 0. The highest BCUT2D eigenvalue weighted by Gasteiger charge is 2.23. The quantitative estimate of drug-likeness (QED) is 0.166. The SMILES string of the molecule is c1ccc(-c2cccc(-c3c(N(c4cccc(-c5ccccc5)c4)c4ccc5cc(-c6ccccc6)ccc5c4)ccc4oc5ccccc5c34)c2)cc1. The van der Waals surface area contributed by atoms with Crippen LogP contribution in [0, 0.1) is 0 Å². The number of hydrogen-bond acceptors (Lipinski definition) is 2. The summed E-state index contributed by atoms with van der Waals surface area (Å²) in [6, 6.07) is 76.0. The Morgan fingerprint density at radius 1 is 0.315 bits per heavy atom. The molecule has 0 fully saturated rings. The normalized spacial score (nSPS) is 11.3. The maximum Gasteiger partial charge on any atom is 0.136 e. The minimum absolute atomic E-state index is 0.866. The summed E-state index contributed by atoms with van der Waals surface area (Å²) in [6.07, 6.45) is 0. The minimum atomic E-state index is 0.866. The standard InChI is InChI=1S/C52H35NO/c1-4-14-36(15-5-1)39-20-12-22-44(33-39)51-48(30-31-50-52(51)47-24-10-11-25-49(47)54-50)53(45-23-13-21-40(34-45)37-16-6-2-7-17-37)46-29-28-42-32-41(26-27-43(42)35-46)38-18-8-3-9-19-38/h1-35H. The van der Waals surface area contributed by atoms with Crippen molar-refractivity contribution in [3.05, 3.63) is 212 Å². The molecule has 0 saturated carbocycles. The highest BCUT2D eigenvalue weighted by atomic mass is 16.3. The number of nitrogens with zero attached hydrogens (tertiary/aromatic N) is 1. The van der Waals surface area contributed by atoms with Crippen molar-refractivity contribution in [2.45, 2.75) is 0 Å². The number of furan rings is 1. The number of fused-ring (bicyclic) bond motifs is 4. The third kappa shape index (κ3) is 5.71. The maximum atomic E-state index is 6.54. The van der Waals surface area contributed by atoms with E-state index in [1.54, 1.807) is 0 Å². The zero-order valence-electron chi connectivity index (χ0n) is 29.6. The minimum Gasteiger partial charge on any atom is -0.456 e. The van der Waals surface area contributed by atoms with Crippen LogP contribution in [0.5, 0.6) is 0 Å². The molecular weight excluding hydrogens is 655 g/mol. The molecule has 0 spiro atoms. The molecule has 9 aromatic carbocycles. The number of anilines is 3. The first-order chi connectivity index (χ1) is 26.8. The van der Waals surface area contributed by atoms with Crippen molar-refractivity contribution in [3.63, 3.8) is 0 Å². The molecule has 2 nitrogen and oxygen atoms in total. The van der Waals surface area contributed by atoms with Crippen LogP contribution in [0.3, 0.4) is 0 Å². The van der Waals surface area contributed by atoms with E-state index >= 15 is 0 Å². The van der Waals surface area contributed by atoms with E-state index in [9.17, 15) is 0 Å². The Morgan fingerprint density at radius 2 is 0.852 bits per heavy atom. The predicted molar refractivity (Wildman–Crippen MR) is 228 cm³/mol. The maximum absolute atomic E-state index is 6.54. The van der Waals surface area contributed by atoms with Crippen LogP contribution in [0.1, 0.15) is 0 Å². The van der Waals surface area contributed by atoms with Crippen LogP contribution in [0.25, 0.3) is 77.2 Å². The molecule has 254 valence electrons. The second-order valence-corrected chi connectivity index (χ2v) is 13.7. The Balaban J connectivity index is 1.24. The van der Waals surface area contributed by atoms with E-state index in [1.807, 2.05) is 6.07 Å². The molecule has 0 N–H and O–H groups in total. The fourth-order valence-electron chi connectivity index (χ4n) is 7.83. The highest BCUT2D eigenvalue weighted by molar-refractivity contribution is 6.16. The summed E-state index contributed by atoms with van der Waals surface area (Å²) in [7, 11) is 0. The Labute approximate surface area is 314 Å². The Bertz CT molecular complexity index is 2930. The van der Waals surface area contributed by atoms with E-state index in [-0.39, 0.29) is 0 Å². The molecule has 54 heavy (non-hydrogen) atoms. The molecule has 0 bridgehead atoms. The molecule has 10 rings (SSSR count). The molecule has 2 heteroatoms. The van der Waals surface area contributed by atoms with Crippen molar-refractivity contribution in [3.8, 4) is 44.5 Å². The first-order valence-electron chi connectivity index (χ1n) is 18.4. The molecule has 0 amide bonds. The summed E-state index contributed by atoms with van der Waals surface area (Å²) < 4.78 is 6.54. The lowest BCUT2D eigenvalue weighted by atomic mass is 9.93. The fourth-order valence-corrected chi connectivity index (χ4v) is 7.83. The molecule has 0 saturated heterocycles. The number of benzene rings is 9. The van der Waals surface area contributed by atoms with Gasteiger partial charge in [0.05, 0.1) is 5.69 Å². The summed E-state index contributed by atoms with van der Waals surface area (Å²) in [5.74, 6) is 0. The third-order valence-electron chi connectivity index (χ3n) is 10.4. The van der Waals surface area contributed by atoms with E-state index in [4.69, 9.17) is 4.42 Å². The average molecular weight is 690 g/mol. The van der Waals surface area contributed by atoms with E-state index < -0.39 is 0 Å². The lowest BCUT2D eigenvalue weighted by molar-refractivity contribution is 0.669. The van der Waals surface area contributed by atoms with Gasteiger partial charge in [0.15, 0.2) is 0 Å². The monoisotopic (exact) mass is 689 g/mol. The van der Waals surface area contributed by atoms with E-state index in [0.717, 1.165) is 55.7 Å². The van der Waals surface area contributed by atoms with Crippen molar-refractivity contribution in [2.24, 2.45) is 0 Å². The summed E-state index contributed by atoms with van der Waals surface area (Å²) in [6.45, 7) is 0. The first-order valence-corrected chi connectivity index (χ1v) is 18.4. The van der Waals surface area contributed by atoms with Gasteiger partial charge in [-0.25, -0.2) is 0 Å². The van der Waals surface area contributed by atoms with Crippen molar-refractivity contribution in [1.29, 1.82) is 0 Å². The van der Waals surface area contributed by atoms with Gasteiger partial charge in [-0.3, -0.25) is 0 Å². The third-order valence-corrected chi connectivity index (χ3v) is 10.4. The van der Waals surface area contributed by atoms with Crippen LogP contribution in [0.2, 0.25) is 0 Å². The van der Waals surface area contributed by atoms with Crippen LogP contribution >= 0.6 is 0 Å². The van der Waals surface area contributed by atoms with Gasteiger partial charge >= 0.3 is 0 Å². The topological polar surface area (TPSA) is 16.4 Å². The molecule has 0 aliphatic heterocycles. The van der Waals surface area contributed by atoms with Gasteiger partial charge in [0, 0.05) is 27.7 Å². The van der Waals surface area contributed by atoms with Gasteiger partial charge in [-0.05, 0) is 104 Å². The molecular formula is C52H35NO. The van der Waals surface area contributed by atoms with Crippen molar-refractivity contribution >= 4 is 49.8 Å². The van der Waals surface area contributed by atoms with E-state index in [2.05, 4.69) is 211 Å². The lowest BCUT2D eigenvalue weighted by Gasteiger charge is -2.29. The molecule has 1 heterocycles. The smallest absolute Gasteiger partial charge is 0.136 e. The van der Waals surface area contributed by atoms with Gasteiger partial charge in [0.1, 0.15) is 11.2 Å². The predicted octanol–water partition coefficient (Wildman–Crippen LogP) is 14.9. The Morgan fingerprint density at radius 3 is 1.57 bits per heavy atom. The van der Waals surface area contributed by atoms with Gasteiger partial charge in [-0.1, -0.05) is 158 Å². The van der Waals surface area contributed by atoms with E-state index in [1.165, 1.54) is 38.6 Å². The largest absolute Gasteiger partial charge is 0.456 e. The molecule has 1 aromatic heterocycles. The average Bonchev–Trinajstić information content (AvgIpc) is 3.63. The summed E-state index contributed by atoms with van der Waals surface area (Å²) in [5, 5.41) is 4.58. The Kier molecular flexibility index (Phi) is 7.85. The van der Waals surface area contributed by atoms with Gasteiger partial charge < -0.3 is 9.32 Å². The zero-order valence-corrected chi connectivity index (χ0v) is 29.6. The van der Waals surface area contributed by atoms with Crippen LogP contribution < -0.4 is 4.90 Å². The van der Waals surface area contributed by atoms with E-state index in [0.29, 0.717) is 0 Å². The zero-order chi connectivity index (χ0) is 35.8. The molecule has 10 aromatic rings. The van der Waals surface area contributed by atoms with Crippen LogP contribution in [-0.2, 0) is 0 Å². The first kappa shape index (κ1) is 31.6. The fraction of sp³-hybridized carbons (Fsp3) is 0. The highest BCUT2D eigenvalue weighted by Crippen LogP contribution is 2.48. The lowest BCUT2D eigenvalue weighted by Crippen LogP contribution is -2.11. The van der Waals surface area contributed by atoms with Crippen LogP contribution in [-0.4, -0.2) is 0 Å². The van der Waals surface area contributed by atoms with Gasteiger partial charge in [0.2, 0.25) is 0 Å². The summed E-state index contributed by atoms with van der Waals surface area (Å²) >= 11 is 0. The molecule has 0 aliphatic carbocycles. The number of para-hydroxylation sites is 1. The van der Waals surface area contributed by atoms with Crippen molar-refractivity contribution in [1.82, 2.24) is 0 Å². The molecule has 0 unspecified atom stereocenters. The van der Waals surface area contributed by atoms with Crippen molar-refractivity contribution < 1.29 is 4.42 Å². The second-order valence-electron chi connectivity index (χ2n) is 13.7. The Hall–Kier alpha value is -7.16. The molecule has 0 aliphatic rings. The van der Waals surface area contributed by atoms with Gasteiger partial charge in [-0.15, -0.1) is 0 Å². The molecule has 0 radical (unpaired) electrons. The van der Waals surface area contributed by atoms with Gasteiger partial charge in [0.25, 0.3) is 0 Å². The van der Waals surface area contributed by atoms with Crippen LogP contribution in [0.4, 0.5) is 17.1 Å². The van der Waals surface area contributed by atoms with Crippen LogP contribution in [0.15, 0.2) is 217 Å². The second kappa shape index (κ2) is 13.4. The molecule has 0 atom stereocenters. The van der Waals surface area contributed by atoms with Crippen molar-refractivity contribution in [2.75, 3.05) is 4.90 Å².